The molecule has 2 unspecified atom stereocenters. The summed E-state index contributed by atoms with van der Waals surface area (Å²) in [4.78, 5) is 84.6. The molecule has 1 aliphatic heterocycles. The minimum atomic E-state index is -4.64. The van der Waals surface area contributed by atoms with Crippen molar-refractivity contribution in [2.75, 3.05) is 56.0 Å². The van der Waals surface area contributed by atoms with Crippen LogP contribution >= 0.6 is 30.8 Å². The number of sulfonamides is 1. The number of rotatable bonds is 13. The molecule has 0 spiro atoms. The maximum Gasteiger partial charge on any atom is 0.341 e. The molecule has 0 saturated heterocycles. The van der Waals surface area contributed by atoms with Crippen molar-refractivity contribution in [2.45, 2.75) is 43.7 Å². The van der Waals surface area contributed by atoms with Gasteiger partial charge < -0.3 is 38.8 Å². The number of urea groups is 1. The molecule has 356 valence electrons. The van der Waals surface area contributed by atoms with Crippen molar-refractivity contribution >= 4 is 93.1 Å². The molecule has 1 aromatic carbocycles. The average molecular weight is 1010 g/mol. The van der Waals surface area contributed by atoms with Crippen LogP contribution in [0.2, 0.25) is 10.2 Å². The molecule has 0 saturated carbocycles. The van der Waals surface area contributed by atoms with Gasteiger partial charge in [0.05, 0.1) is 62.6 Å². The zero-order valence-electron chi connectivity index (χ0n) is 35.5. The van der Waals surface area contributed by atoms with Crippen LogP contribution in [0, 0.1) is 18.2 Å². The van der Waals surface area contributed by atoms with Gasteiger partial charge in [-0.1, -0.05) is 29.1 Å². The summed E-state index contributed by atoms with van der Waals surface area (Å²) in [5.74, 6) is -2.22. The second-order valence-corrected chi connectivity index (χ2v) is 19.8. The Kier molecular flexibility index (Phi) is 21.1. The van der Waals surface area contributed by atoms with E-state index >= 15 is 0 Å². The lowest BCUT2D eigenvalue weighted by molar-refractivity contribution is -0.193. The standard InChI is InChI=1S/C18H15ClFNO3.C12H13ClN6O7S.C3H8NO5P.C3H9S/c1-3-10(2)24-16-9-15(14(20)8-13(16)19)21-17(22)11-6-4-5-7-12(11)18(21)23;1-19-9(7(10(20)21)8(13)17-19)27(23,24)18-12(22)16-11-14-5(25-2)4-6(15-11)26-3;5-3(6)1-4-2-10(7,8)9;1-4(2)3/h1,8-10H,4-7H2,2H3;4H,1-3H3,(H,20,21)(H2,14,15,16,18,22);4H,1-2H2,(H,5,6)(H2,7,8,9);1-3H3/q;;;+1/p-1. The molecule has 6 N–H and O–H groups in total. The van der Waals surface area contributed by atoms with Gasteiger partial charge in [0, 0.05) is 24.3 Å². The van der Waals surface area contributed by atoms with Gasteiger partial charge in [0.2, 0.25) is 17.7 Å². The molecule has 0 bridgehead atoms. The van der Waals surface area contributed by atoms with E-state index in [0.717, 1.165) is 30.9 Å². The number of aromatic carboxylic acids is 1. The third-order valence-electron chi connectivity index (χ3n) is 7.73. The number of halogens is 3. The van der Waals surface area contributed by atoms with Crippen LogP contribution in [0.1, 0.15) is 43.0 Å². The van der Waals surface area contributed by atoms with E-state index in [4.69, 9.17) is 58.9 Å². The molecular formula is C36H44Cl2FN8O15PS2. The predicted molar refractivity (Wildman–Crippen MR) is 233 cm³/mol. The summed E-state index contributed by atoms with van der Waals surface area (Å²) in [6.45, 7) is 1.15. The number of carboxylic acids is 2. The van der Waals surface area contributed by atoms with Gasteiger partial charge in [0.15, 0.2) is 16.3 Å². The van der Waals surface area contributed by atoms with Gasteiger partial charge in [-0.05, 0) is 49.6 Å². The molecular weight excluding hydrogens is 969 g/mol. The first-order chi connectivity index (χ1) is 30.2. The number of nitrogens with one attached hydrogen (secondary N) is 3. The van der Waals surface area contributed by atoms with E-state index in [1.807, 2.05) is 5.32 Å². The molecule has 3 aromatic rings. The Balaban J connectivity index is 0.000000348. The van der Waals surface area contributed by atoms with Crippen molar-refractivity contribution in [3.8, 4) is 29.9 Å². The summed E-state index contributed by atoms with van der Waals surface area (Å²) < 4.78 is 66.7. The Hall–Kier alpha value is -5.52. The predicted octanol–water partition coefficient (Wildman–Crippen LogP) is 2.37. The lowest BCUT2D eigenvalue weighted by atomic mass is 9.93. The van der Waals surface area contributed by atoms with Crippen molar-refractivity contribution in [2.24, 2.45) is 7.05 Å². The lowest BCUT2D eigenvalue weighted by Crippen LogP contribution is -2.36. The molecule has 2 aliphatic rings. The van der Waals surface area contributed by atoms with Crippen molar-refractivity contribution in [1.29, 1.82) is 0 Å². The highest BCUT2D eigenvalue weighted by Crippen LogP contribution is 2.40. The van der Waals surface area contributed by atoms with Gasteiger partial charge in [-0.15, -0.1) is 6.42 Å². The maximum atomic E-state index is 14.4. The SMILES string of the molecule is C#CC(C)Oc1cc(N2C(=O)C3=C(CCCC3)C2=O)c(F)cc1Cl.COc1cc(OC)nc(NC(=O)NS(=O)(=O)c2c(C(=O)O)c(Cl)nn2C)n1.C[S+](C)C.O=C(O)CNCP(=O)([O-])O. The number of hydrogen-bond donors (Lipinski definition) is 6. The summed E-state index contributed by atoms with van der Waals surface area (Å²) in [5.41, 5.74) is 0.0295. The Bertz CT molecular complexity index is 2460. The number of terminal acetylenes is 1. The molecule has 0 radical (unpaired) electrons. The lowest BCUT2D eigenvalue weighted by Gasteiger charge is -2.19. The fourth-order valence-corrected chi connectivity index (χ4v) is 7.36. The Morgan fingerprint density at radius 2 is 1.57 bits per heavy atom. The number of amides is 4. The Morgan fingerprint density at radius 1 is 1.05 bits per heavy atom. The summed E-state index contributed by atoms with van der Waals surface area (Å²) in [7, 11) is -4.57. The molecule has 3 heterocycles. The number of aromatic nitrogens is 4. The highest BCUT2D eigenvalue weighted by molar-refractivity contribution is 7.94. The molecule has 5 rings (SSSR count). The summed E-state index contributed by atoms with van der Waals surface area (Å²) in [6, 6.07) is 2.34. The van der Waals surface area contributed by atoms with Gasteiger partial charge >= 0.3 is 18.0 Å². The van der Waals surface area contributed by atoms with Gasteiger partial charge in [-0.3, -0.25) is 29.7 Å². The molecule has 0 fully saturated rings. The van der Waals surface area contributed by atoms with E-state index in [0.29, 0.717) is 39.6 Å². The van der Waals surface area contributed by atoms with E-state index in [2.05, 4.69) is 45.1 Å². The van der Waals surface area contributed by atoms with Crippen molar-refractivity contribution in [1.82, 2.24) is 29.8 Å². The summed E-state index contributed by atoms with van der Waals surface area (Å²) in [6.07, 6.45) is 13.3. The van der Waals surface area contributed by atoms with Crippen LogP contribution in [0.3, 0.4) is 0 Å². The van der Waals surface area contributed by atoms with Crippen LogP contribution in [0.25, 0.3) is 0 Å². The number of ether oxygens (including phenoxy) is 3. The number of benzene rings is 1. The molecule has 23 nitrogen and oxygen atoms in total. The van der Waals surface area contributed by atoms with E-state index in [9.17, 15) is 46.2 Å². The Morgan fingerprint density at radius 3 is 2.02 bits per heavy atom. The van der Waals surface area contributed by atoms with Gasteiger partial charge in [-0.25, -0.2) is 23.6 Å². The number of carbonyl (C=O) groups excluding carboxylic acids is 3. The number of methoxy groups -OCH3 is 2. The van der Waals surface area contributed by atoms with E-state index in [1.165, 1.54) is 26.4 Å². The average Bonchev–Trinajstić information content (AvgIpc) is 3.65. The van der Waals surface area contributed by atoms with E-state index in [1.54, 1.807) is 11.6 Å². The minimum absolute atomic E-state index is 0.0233. The smallest absolute Gasteiger partial charge is 0.341 e. The highest BCUT2D eigenvalue weighted by atomic mass is 35.5. The summed E-state index contributed by atoms with van der Waals surface area (Å²) in [5, 5.41) is 23.4. The van der Waals surface area contributed by atoms with Crippen LogP contribution in [0.5, 0.6) is 17.5 Å². The fourth-order valence-electron chi connectivity index (χ4n) is 5.20. The summed E-state index contributed by atoms with van der Waals surface area (Å²) >= 11 is 11.6. The van der Waals surface area contributed by atoms with Crippen LogP contribution in [-0.2, 0) is 46.9 Å². The number of anilines is 2. The quantitative estimate of drug-likeness (QED) is 0.0619. The number of carboxylic acid groups (broad SMARTS) is 2. The van der Waals surface area contributed by atoms with E-state index in [-0.39, 0.29) is 34.2 Å². The second-order valence-electron chi connectivity index (χ2n) is 13.3. The van der Waals surface area contributed by atoms with Crippen molar-refractivity contribution < 1.29 is 75.6 Å². The first-order valence-electron chi connectivity index (χ1n) is 18.1. The number of aliphatic carboxylic acids is 1. The molecule has 65 heavy (non-hydrogen) atoms. The molecule has 4 amide bonds. The number of nitrogens with zero attached hydrogens (tertiary/aromatic N) is 5. The zero-order chi connectivity index (χ0) is 49.6. The van der Waals surface area contributed by atoms with E-state index < -0.39 is 87.9 Å². The number of carbonyl (C=O) groups is 5. The topological polar surface area (TPSA) is 331 Å². The number of hydrogen-bond acceptors (Lipinski definition) is 16. The third kappa shape index (κ3) is 16.8. The Labute approximate surface area is 384 Å². The first kappa shape index (κ1) is 55.6. The molecule has 2 atom stereocenters. The van der Waals surface area contributed by atoms with Crippen LogP contribution < -0.4 is 39.4 Å². The van der Waals surface area contributed by atoms with Gasteiger partial charge in [0.25, 0.3) is 21.8 Å². The number of aryl methyl sites for hydroxylation is 1. The number of imide groups is 1. The van der Waals surface area contributed by atoms with Crippen molar-refractivity contribution in [3.05, 3.63) is 50.9 Å². The second kappa shape index (κ2) is 24.7. The monoisotopic (exact) mass is 1010 g/mol. The minimum Gasteiger partial charge on any atom is -0.778 e. The zero-order valence-corrected chi connectivity index (χ0v) is 39.5. The fraction of sp³-hybridized carbons (Fsp3) is 0.389. The van der Waals surface area contributed by atoms with Crippen molar-refractivity contribution in [3.63, 3.8) is 0 Å². The largest absolute Gasteiger partial charge is 0.778 e. The van der Waals surface area contributed by atoms with Crippen LogP contribution in [-0.4, -0.2) is 125 Å². The van der Waals surface area contributed by atoms with Crippen LogP contribution in [0.4, 0.5) is 20.8 Å². The normalized spacial score (nSPS) is 14.4. The molecule has 1 aliphatic carbocycles. The van der Waals surface area contributed by atoms with Gasteiger partial charge in [0.1, 0.15) is 24.7 Å². The first-order valence-corrected chi connectivity index (χ1v) is 24.6. The highest BCUT2D eigenvalue weighted by Gasteiger charge is 2.41. The molecule has 29 heteroatoms. The van der Waals surface area contributed by atoms with Gasteiger partial charge in [-0.2, -0.15) is 23.5 Å². The maximum absolute atomic E-state index is 14.4. The third-order valence-corrected chi connectivity index (χ3v) is 10.3. The van der Waals surface area contributed by atoms with Crippen LogP contribution in [0.15, 0.2) is 34.4 Å². The molecule has 2 aromatic heterocycles.